The van der Waals surface area contributed by atoms with Crippen LogP contribution in [-0.2, 0) is 19.3 Å². The third-order valence-corrected chi connectivity index (χ3v) is 9.06. The van der Waals surface area contributed by atoms with Gasteiger partial charge in [0, 0.05) is 25.1 Å². The Hall–Kier alpha value is -3.11. The van der Waals surface area contributed by atoms with Gasteiger partial charge in [0.2, 0.25) is 0 Å². The molecular weight excluding hydrogens is 494 g/mol. The van der Waals surface area contributed by atoms with E-state index in [1.165, 1.54) is 4.90 Å². The van der Waals surface area contributed by atoms with Crippen LogP contribution >= 0.6 is 0 Å². The molecule has 3 heterocycles. The first-order chi connectivity index (χ1) is 17.5. The summed E-state index contributed by atoms with van der Waals surface area (Å²) in [5, 5.41) is 14.1. The van der Waals surface area contributed by atoms with Gasteiger partial charge in [-0.25, -0.2) is 17.9 Å². The van der Waals surface area contributed by atoms with Crippen molar-refractivity contribution in [3.05, 3.63) is 42.6 Å². The predicted molar refractivity (Wildman–Crippen MR) is 139 cm³/mol. The van der Waals surface area contributed by atoms with Crippen LogP contribution < -0.4 is 0 Å². The standard InChI is InChI=1S/C27H33N3O6S/c1-27(2,3)36-26(32)29-12-11-21(17-29)37(33,34)24-15-19(18-7-9-20(31)10-8-18)14-23-22(24)16-28-30(23)25-6-4-5-13-35-25/h7-10,14-16,21,25,31H,4-6,11-13,17H2,1-3H3. The molecule has 10 heteroatoms. The summed E-state index contributed by atoms with van der Waals surface area (Å²) in [4.78, 5) is 14.2. The van der Waals surface area contributed by atoms with Crippen LogP contribution in [0.2, 0.25) is 0 Å². The number of hydrogen-bond acceptors (Lipinski definition) is 7. The van der Waals surface area contributed by atoms with Gasteiger partial charge in [0.1, 0.15) is 11.4 Å². The van der Waals surface area contributed by atoms with Gasteiger partial charge in [0.05, 0.1) is 21.9 Å². The van der Waals surface area contributed by atoms with Gasteiger partial charge in [0.15, 0.2) is 16.1 Å². The number of ether oxygens (including phenoxy) is 2. The van der Waals surface area contributed by atoms with E-state index in [-0.39, 0.29) is 23.4 Å². The van der Waals surface area contributed by atoms with Gasteiger partial charge in [-0.05, 0) is 81.8 Å². The van der Waals surface area contributed by atoms with Crippen LogP contribution in [0, 0.1) is 0 Å². The van der Waals surface area contributed by atoms with E-state index in [0.717, 1.165) is 24.8 Å². The summed E-state index contributed by atoms with van der Waals surface area (Å²) in [6.45, 7) is 6.38. The second-order valence-corrected chi connectivity index (χ2v) is 12.9. The highest BCUT2D eigenvalue weighted by Gasteiger charge is 2.39. The third kappa shape index (κ3) is 5.17. The van der Waals surface area contributed by atoms with E-state index >= 15 is 0 Å². The van der Waals surface area contributed by atoms with Crippen LogP contribution in [0.3, 0.4) is 0 Å². The maximum Gasteiger partial charge on any atom is 0.410 e. The van der Waals surface area contributed by atoms with E-state index in [1.807, 2.05) is 6.07 Å². The number of phenols is 1. The lowest BCUT2D eigenvalue weighted by atomic mass is 10.0. The van der Waals surface area contributed by atoms with Gasteiger partial charge in [-0.15, -0.1) is 0 Å². The van der Waals surface area contributed by atoms with Crippen molar-refractivity contribution in [2.75, 3.05) is 19.7 Å². The number of aromatic hydroxyl groups is 1. The number of aromatic nitrogens is 2. The summed E-state index contributed by atoms with van der Waals surface area (Å²) in [5.74, 6) is 0.131. The molecule has 0 aliphatic carbocycles. The first-order valence-electron chi connectivity index (χ1n) is 12.7. The topological polar surface area (TPSA) is 111 Å². The Morgan fingerprint density at radius 2 is 1.86 bits per heavy atom. The Labute approximate surface area is 216 Å². The second kappa shape index (κ2) is 9.64. The third-order valence-electron chi connectivity index (χ3n) is 6.85. The van der Waals surface area contributed by atoms with Gasteiger partial charge >= 0.3 is 6.09 Å². The fourth-order valence-electron chi connectivity index (χ4n) is 4.97. The van der Waals surface area contributed by atoms with E-state index in [4.69, 9.17) is 9.47 Å². The van der Waals surface area contributed by atoms with E-state index in [0.29, 0.717) is 36.0 Å². The predicted octanol–water partition coefficient (Wildman–Crippen LogP) is 4.89. The first kappa shape index (κ1) is 25.5. The minimum absolute atomic E-state index is 0.0715. The molecule has 0 radical (unpaired) electrons. The van der Waals surface area contributed by atoms with Gasteiger partial charge < -0.3 is 19.5 Å². The van der Waals surface area contributed by atoms with E-state index in [2.05, 4.69) is 5.10 Å². The lowest BCUT2D eigenvalue weighted by molar-refractivity contribution is -0.0366. The van der Waals surface area contributed by atoms with Crippen molar-refractivity contribution < 1.29 is 27.8 Å². The quantitative estimate of drug-likeness (QED) is 0.514. The summed E-state index contributed by atoms with van der Waals surface area (Å²) in [7, 11) is -3.82. The van der Waals surface area contributed by atoms with Crippen molar-refractivity contribution in [3.63, 3.8) is 0 Å². The second-order valence-electron chi connectivity index (χ2n) is 10.7. The number of hydrogen-bond donors (Lipinski definition) is 1. The highest BCUT2D eigenvalue weighted by Crippen LogP contribution is 2.37. The number of likely N-dealkylation sites (tertiary alicyclic amines) is 1. The molecule has 1 N–H and O–H groups in total. The van der Waals surface area contributed by atoms with Crippen molar-refractivity contribution >= 4 is 26.8 Å². The number of rotatable bonds is 4. The molecule has 2 atom stereocenters. The molecule has 0 spiro atoms. The molecule has 37 heavy (non-hydrogen) atoms. The molecule has 9 nitrogen and oxygen atoms in total. The largest absolute Gasteiger partial charge is 0.508 e. The number of nitrogens with zero attached hydrogens (tertiary/aromatic N) is 3. The fourth-order valence-corrected chi connectivity index (χ4v) is 6.87. The molecule has 2 fully saturated rings. The number of fused-ring (bicyclic) bond motifs is 1. The Morgan fingerprint density at radius 3 is 2.54 bits per heavy atom. The maximum absolute atomic E-state index is 14.0. The zero-order chi connectivity index (χ0) is 26.4. The molecular formula is C27H33N3O6S. The Balaban J connectivity index is 1.56. The highest BCUT2D eigenvalue weighted by atomic mass is 32.2. The normalized spacial score (nSPS) is 20.9. The summed E-state index contributed by atoms with van der Waals surface area (Å²) >= 11 is 0. The summed E-state index contributed by atoms with van der Waals surface area (Å²) in [6, 6.07) is 10.3. The summed E-state index contributed by atoms with van der Waals surface area (Å²) in [5.41, 5.74) is 1.49. The molecule has 0 saturated carbocycles. The van der Waals surface area contributed by atoms with Crippen molar-refractivity contribution in [2.24, 2.45) is 0 Å². The zero-order valence-corrected chi connectivity index (χ0v) is 22.2. The molecule has 5 rings (SSSR count). The zero-order valence-electron chi connectivity index (χ0n) is 21.4. The monoisotopic (exact) mass is 527 g/mol. The molecule has 3 aromatic rings. The van der Waals surface area contributed by atoms with Crippen molar-refractivity contribution in [3.8, 4) is 16.9 Å². The fraction of sp³-hybridized carbons (Fsp3) is 0.481. The SMILES string of the molecule is CC(C)(C)OC(=O)N1CCC(S(=O)(=O)c2cc(-c3ccc(O)cc3)cc3c2cnn3C2CCCCO2)C1. The van der Waals surface area contributed by atoms with Crippen LogP contribution in [0.5, 0.6) is 5.75 Å². The smallest absolute Gasteiger partial charge is 0.410 e. The number of carbonyl (C=O) groups excluding carboxylic acids is 1. The van der Waals surface area contributed by atoms with E-state index in [9.17, 15) is 18.3 Å². The number of sulfone groups is 1. The number of amides is 1. The summed E-state index contributed by atoms with van der Waals surface area (Å²) < 4.78 is 41.3. The van der Waals surface area contributed by atoms with Crippen molar-refractivity contribution in [1.29, 1.82) is 0 Å². The van der Waals surface area contributed by atoms with Crippen molar-refractivity contribution in [1.82, 2.24) is 14.7 Å². The minimum atomic E-state index is -3.82. The molecule has 198 valence electrons. The lowest BCUT2D eigenvalue weighted by Gasteiger charge is -2.24. The molecule has 1 amide bonds. The Kier molecular flexibility index (Phi) is 6.66. The van der Waals surface area contributed by atoms with Crippen LogP contribution in [-0.4, -0.2) is 64.8 Å². The highest BCUT2D eigenvalue weighted by molar-refractivity contribution is 7.92. The summed E-state index contributed by atoms with van der Waals surface area (Å²) in [6.07, 6.45) is 3.96. The van der Waals surface area contributed by atoms with E-state index < -0.39 is 26.8 Å². The average Bonchev–Trinajstić information content (AvgIpc) is 3.52. The molecule has 2 saturated heterocycles. The van der Waals surface area contributed by atoms with Crippen LogP contribution in [0.4, 0.5) is 4.79 Å². The maximum atomic E-state index is 14.0. The number of phenolic OH excluding ortho intramolecular Hbond substituents is 1. The van der Waals surface area contributed by atoms with E-state index in [1.54, 1.807) is 62.0 Å². The van der Waals surface area contributed by atoms with Gasteiger partial charge in [0.25, 0.3) is 0 Å². The Bertz CT molecular complexity index is 1400. The molecule has 0 bridgehead atoms. The first-order valence-corrected chi connectivity index (χ1v) is 14.2. The lowest BCUT2D eigenvalue weighted by Crippen LogP contribution is -2.36. The molecule has 2 unspecified atom stereocenters. The van der Waals surface area contributed by atoms with Crippen LogP contribution in [0.25, 0.3) is 22.0 Å². The van der Waals surface area contributed by atoms with Crippen LogP contribution in [0.1, 0.15) is 52.7 Å². The number of benzene rings is 2. The average molecular weight is 528 g/mol. The Morgan fingerprint density at radius 1 is 1.11 bits per heavy atom. The molecule has 2 aliphatic heterocycles. The van der Waals surface area contributed by atoms with Gasteiger partial charge in [-0.1, -0.05) is 12.1 Å². The molecule has 2 aromatic carbocycles. The van der Waals surface area contributed by atoms with Crippen molar-refractivity contribution in [2.45, 2.75) is 68.4 Å². The van der Waals surface area contributed by atoms with Gasteiger partial charge in [-0.3, -0.25) is 0 Å². The minimum Gasteiger partial charge on any atom is -0.508 e. The van der Waals surface area contributed by atoms with Gasteiger partial charge in [-0.2, -0.15) is 5.10 Å². The number of carbonyl (C=O) groups is 1. The molecule has 2 aliphatic rings. The molecule has 1 aromatic heterocycles. The van der Waals surface area contributed by atoms with Crippen LogP contribution in [0.15, 0.2) is 47.5 Å².